The van der Waals surface area contributed by atoms with Crippen LogP contribution >= 0.6 is 0 Å². The van der Waals surface area contributed by atoms with Gasteiger partial charge < -0.3 is 10.1 Å². The summed E-state index contributed by atoms with van der Waals surface area (Å²) in [4.78, 5) is 9.54. The van der Waals surface area contributed by atoms with Gasteiger partial charge in [0.05, 0.1) is 0 Å². The SMILES string of the molecule is CCCNc1cc(CC)nc(C2(OC)CCC(C)CC2)n1. The number of nitrogens with zero attached hydrogens (tertiary/aromatic N) is 2. The first-order chi connectivity index (χ1) is 10.1. The fourth-order valence-corrected chi connectivity index (χ4v) is 2.97. The van der Waals surface area contributed by atoms with Gasteiger partial charge in [-0.3, -0.25) is 0 Å². The van der Waals surface area contributed by atoms with E-state index >= 15 is 0 Å². The zero-order chi connectivity index (χ0) is 15.3. The lowest BCUT2D eigenvalue weighted by Gasteiger charge is -2.37. The lowest BCUT2D eigenvalue weighted by Crippen LogP contribution is -2.35. The summed E-state index contributed by atoms with van der Waals surface area (Å²) in [6.07, 6.45) is 6.42. The molecule has 0 unspecified atom stereocenters. The van der Waals surface area contributed by atoms with Gasteiger partial charge in [0.25, 0.3) is 0 Å². The van der Waals surface area contributed by atoms with Crippen LogP contribution in [0.15, 0.2) is 6.07 Å². The van der Waals surface area contributed by atoms with Crippen molar-refractivity contribution in [1.82, 2.24) is 9.97 Å². The van der Waals surface area contributed by atoms with Crippen molar-refractivity contribution in [2.24, 2.45) is 5.92 Å². The summed E-state index contributed by atoms with van der Waals surface area (Å²) in [5.74, 6) is 2.59. The predicted octanol–water partition coefficient (Wildman–Crippen LogP) is 3.91. The molecule has 1 N–H and O–H groups in total. The summed E-state index contributed by atoms with van der Waals surface area (Å²) in [5.41, 5.74) is 0.800. The summed E-state index contributed by atoms with van der Waals surface area (Å²) < 4.78 is 5.92. The Balaban J connectivity index is 2.31. The highest BCUT2D eigenvalue weighted by Crippen LogP contribution is 2.40. The fraction of sp³-hybridized carbons (Fsp3) is 0.765. The van der Waals surface area contributed by atoms with Crippen LogP contribution in [0, 0.1) is 5.92 Å². The van der Waals surface area contributed by atoms with E-state index in [1.165, 1.54) is 12.8 Å². The topological polar surface area (TPSA) is 47.0 Å². The molecule has 1 saturated carbocycles. The van der Waals surface area contributed by atoms with Gasteiger partial charge in [-0.25, -0.2) is 9.97 Å². The van der Waals surface area contributed by atoms with Gasteiger partial charge in [-0.1, -0.05) is 20.8 Å². The monoisotopic (exact) mass is 291 g/mol. The summed E-state index contributed by atoms with van der Waals surface area (Å²) in [5, 5.41) is 3.39. The van der Waals surface area contributed by atoms with Crippen LogP contribution in [0.2, 0.25) is 0 Å². The predicted molar refractivity (Wildman–Crippen MR) is 86.5 cm³/mol. The van der Waals surface area contributed by atoms with Crippen molar-refractivity contribution < 1.29 is 4.74 Å². The molecule has 2 rings (SSSR count). The van der Waals surface area contributed by atoms with Crippen LogP contribution in [0.5, 0.6) is 0 Å². The maximum atomic E-state index is 5.92. The van der Waals surface area contributed by atoms with Crippen molar-refractivity contribution in [3.05, 3.63) is 17.6 Å². The molecule has 0 saturated heterocycles. The van der Waals surface area contributed by atoms with Gasteiger partial charge in [-0.2, -0.15) is 0 Å². The number of hydrogen-bond donors (Lipinski definition) is 1. The molecular formula is C17H29N3O. The molecule has 0 amide bonds. The quantitative estimate of drug-likeness (QED) is 0.863. The standard InChI is InChI=1S/C17H29N3O/c1-5-11-18-15-12-14(6-2)19-16(20-15)17(21-4)9-7-13(3)8-10-17/h12-13H,5-11H2,1-4H3,(H,18,19,20). The Hall–Kier alpha value is -1.16. The Labute approximate surface area is 128 Å². The van der Waals surface area contributed by atoms with Gasteiger partial charge in [0.2, 0.25) is 0 Å². The molecule has 118 valence electrons. The summed E-state index contributed by atoms with van der Waals surface area (Å²) >= 11 is 0. The normalized spacial score (nSPS) is 25.8. The number of nitrogens with one attached hydrogen (secondary N) is 1. The molecule has 1 aliphatic rings. The van der Waals surface area contributed by atoms with Crippen LogP contribution in [0.25, 0.3) is 0 Å². The van der Waals surface area contributed by atoms with Gasteiger partial charge >= 0.3 is 0 Å². The molecule has 4 nitrogen and oxygen atoms in total. The van der Waals surface area contributed by atoms with Crippen LogP contribution in [-0.2, 0) is 16.8 Å². The van der Waals surface area contributed by atoms with Crippen molar-refractivity contribution in [2.45, 2.75) is 64.9 Å². The number of anilines is 1. The number of ether oxygens (including phenoxy) is 1. The van der Waals surface area contributed by atoms with Crippen LogP contribution in [0.3, 0.4) is 0 Å². The average molecular weight is 291 g/mol. The third kappa shape index (κ3) is 3.73. The third-order valence-corrected chi connectivity index (χ3v) is 4.58. The van der Waals surface area contributed by atoms with Gasteiger partial charge in [-0.15, -0.1) is 0 Å². The second-order valence-corrected chi connectivity index (χ2v) is 6.23. The van der Waals surface area contributed by atoms with E-state index in [0.717, 1.165) is 55.5 Å². The Bertz CT molecular complexity index is 453. The van der Waals surface area contributed by atoms with Gasteiger partial charge in [0.1, 0.15) is 11.4 Å². The molecule has 0 aliphatic heterocycles. The van der Waals surface area contributed by atoms with E-state index in [4.69, 9.17) is 14.7 Å². The molecule has 0 aromatic carbocycles. The van der Waals surface area contributed by atoms with Crippen LogP contribution in [0.4, 0.5) is 5.82 Å². The number of aromatic nitrogens is 2. The highest BCUT2D eigenvalue weighted by atomic mass is 16.5. The maximum Gasteiger partial charge on any atom is 0.162 e. The van der Waals surface area contributed by atoms with E-state index in [1.54, 1.807) is 7.11 Å². The molecule has 0 radical (unpaired) electrons. The molecule has 1 fully saturated rings. The molecule has 1 aliphatic carbocycles. The number of aryl methyl sites for hydroxylation is 1. The van der Waals surface area contributed by atoms with E-state index in [0.29, 0.717) is 0 Å². The van der Waals surface area contributed by atoms with Gasteiger partial charge in [0.15, 0.2) is 5.82 Å². The number of rotatable bonds is 6. The highest BCUT2D eigenvalue weighted by molar-refractivity contribution is 5.37. The summed E-state index contributed by atoms with van der Waals surface area (Å²) in [6.45, 7) is 7.56. The number of methoxy groups -OCH3 is 1. The first kappa shape index (κ1) is 16.2. The molecule has 21 heavy (non-hydrogen) atoms. The largest absolute Gasteiger partial charge is 0.370 e. The Morgan fingerprint density at radius 1 is 1.29 bits per heavy atom. The van der Waals surface area contributed by atoms with Crippen molar-refractivity contribution in [1.29, 1.82) is 0 Å². The second kappa shape index (κ2) is 7.21. The third-order valence-electron chi connectivity index (χ3n) is 4.58. The molecule has 0 atom stereocenters. The minimum absolute atomic E-state index is 0.291. The molecule has 4 heteroatoms. The van der Waals surface area contributed by atoms with Crippen molar-refractivity contribution in [2.75, 3.05) is 19.0 Å². The van der Waals surface area contributed by atoms with Crippen LogP contribution < -0.4 is 5.32 Å². The van der Waals surface area contributed by atoms with E-state index in [-0.39, 0.29) is 5.60 Å². The minimum atomic E-state index is -0.291. The van der Waals surface area contributed by atoms with E-state index in [9.17, 15) is 0 Å². The van der Waals surface area contributed by atoms with Crippen molar-refractivity contribution in [3.8, 4) is 0 Å². The van der Waals surface area contributed by atoms with Crippen molar-refractivity contribution in [3.63, 3.8) is 0 Å². The second-order valence-electron chi connectivity index (χ2n) is 6.23. The Morgan fingerprint density at radius 3 is 2.57 bits per heavy atom. The minimum Gasteiger partial charge on any atom is -0.370 e. The Morgan fingerprint density at radius 2 is 2.00 bits per heavy atom. The number of hydrogen-bond acceptors (Lipinski definition) is 4. The lowest BCUT2D eigenvalue weighted by molar-refractivity contribution is -0.0597. The smallest absolute Gasteiger partial charge is 0.162 e. The summed E-state index contributed by atoms with van der Waals surface area (Å²) in [7, 11) is 1.80. The van der Waals surface area contributed by atoms with E-state index < -0.39 is 0 Å². The van der Waals surface area contributed by atoms with Crippen LogP contribution in [-0.4, -0.2) is 23.6 Å². The molecule has 0 bridgehead atoms. The maximum absolute atomic E-state index is 5.92. The highest BCUT2D eigenvalue weighted by Gasteiger charge is 2.39. The molecule has 0 spiro atoms. The molecule has 1 aromatic heterocycles. The van der Waals surface area contributed by atoms with Crippen molar-refractivity contribution >= 4 is 5.82 Å². The van der Waals surface area contributed by atoms with Crippen LogP contribution in [0.1, 0.15) is 64.4 Å². The van der Waals surface area contributed by atoms with E-state index in [2.05, 4.69) is 32.2 Å². The fourth-order valence-electron chi connectivity index (χ4n) is 2.97. The molecular weight excluding hydrogens is 262 g/mol. The molecule has 1 heterocycles. The van der Waals surface area contributed by atoms with Gasteiger partial charge in [0, 0.05) is 25.4 Å². The van der Waals surface area contributed by atoms with Gasteiger partial charge in [-0.05, 0) is 44.4 Å². The zero-order valence-electron chi connectivity index (χ0n) is 13.9. The zero-order valence-corrected chi connectivity index (χ0v) is 13.9. The summed E-state index contributed by atoms with van der Waals surface area (Å²) in [6, 6.07) is 2.06. The molecule has 1 aromatic rings. The first-order valence-corrected chi connectivity index (χ1v) is 8.31. The first-order valence-electron chi connectivity index (χ1n) is 8.31. The average Bonchev–Trinajstić information content (AvgIpc) is 2.53. The lowest BCUT2D eigenvalue weighted by atomic mass is 9.79. The Kier molecular flexibility index (Phi) is 5.57. The van der Waals surface area contributed by atoms with E-state index in [1.807, 2.05) is 0 Å².